The Hall–Kier alpha value is -7.04. The summed E-state index contributed by atoms with van der Waals surface area (Å²) >= 11 is 0. The zero-order chi connectivity index (χ0) is 36.9. The molecule has 1 aliphatic rings. The predicted octanol–water partition coefficient (Wildman–Crippen LogP) is 12.7. The average Bonchev–Trinajstić information content (AvgIpc) is 3.49. The second-order valence-corrected chi connectivity index (χ2v) is 14.7. The first-order chi connectivity index (χ1) is 27.0. The number of nitrogens with zero attached hydrogens (tertiary/aromatic N) is 4. The summed E-state index contributed by atoms with van der Waals surface area (Å²) in [4.78, 5) is 19.3. The van der Waals surface area contributed by atoms with Crippen molar-refractivity contribution < 1.29 is 0 Å². The molecular weight excluding hydrogens is 669 g/mol. The van der Waals surface area contributed by atoms with E-state index < -0.39 is 0 Å². The molecular formula is C51H36N4. The summed E-state index contributed by atoms with van der Waals surface area (Å²) in [6, 6.07) is 62.0. The molecule has 0 saturated carbocycles. The van der Waals surface area contributed by atoms with Gasteiger partial charge in [-0.15, -0.1) is 0 Å². The molecule has 10 rings (SSSR count). The van der Waals surface area contributed by atoms with Crippen molar-refractivity contribution in [2.75, 3.05) is 0 Å². The van der Waals surface area contributed by atoms with Gasteiger partial charge in [0.2, 0.25) is 0 Å². The summed E-state index contributed by atoms with van der Waals surface area (Å²) in [6.45, 7) is 4.69. The van der Waals surface area contributed by atoms with Crippen LogP contribution in [0.15, 0.2) is 182 Å². The fourth-order valence-electron chi connectivity index (χ4n) is 8.04. The van der Waals surface area contributed by atoms with E-state index in [0.717, 1.165) is 39.1 Å². The third-order valence-electron chi connectivity index (χ3n) is 11.0. The lowest BCUT2D eigenvalue weighted by Gasteiger charge is -2.21. The van der Waals surface area contributed by atoms with Gasteiger partial charge >= 0.3 is 0 Å². The van der Waals surface area contributed by atoms with Crippen LogP contribution in [0.2, 0.25) is 0 Å². The van der Waals surface area contributed by atoms with E-state index in [0.29, 0.717) is 17.5 Å². The Bertz CT molecular complexity index is 2840. The lowest BCUT2D eigenvalue weighted by Crippen LogP contribution is -2.14. The van der Waals surface area contributed by atoms with Crippen LogP contribution in [0.5, 0.6) is 0 Å². The van der Waals surface area contributed by atoms with Crippen LogP contribution in [0.1, 0.15) is 25.0 Å². The monoisotopic (exact) mass is 704 g/mol. The molecule has 0 amide bonds. The van der Waals surface area contributed by atoms with Crippen LogP contribution in [0.4, 0.5) is 0 Å². The van der Waals surface area contributed by atoms with Crippen LogP contribution in [0.25, 0.3) is 89.6 Å². The molecule has 55 heavy (non-hydrogen) atoms. The zero-order valence-electron chi connectivity index (χ0n) is 30.6. The van der Waals surface area contributed by atoms with Crippen molar-refractivity contribution in [1.29, 1.82) is 0 Å². The van der Waals surface area contributed by atoms with Gasteiger partial charge in [-0.05, 0) is 73.5 Å². The van der Waals surface area contributed by atoms with Crippen molar-refractivity contribution in [2.24, 2.45) is 0 Å². The second-order valence-electron chi connectivity index (χ2n) is 14.7. The molecule has 9 aromatic rings. The number of hydrogen-bond acceptors (Lipinski definition) is 4. The van der Waals surface area contributed by atoms with Crippen LogP contribution in [-0.2, 0) is 5.41 Å². The highest BCUT2D eigenvalue weighted by atomic mass is 15.0. The van der Waals surface area contributed by atoms with Crippen LogP contribution in [-0.4, -0.2) is 19.9 Å². The maximum atomic E-state index is 4.98. The van der Waals surface area contributed by atoms with Gasteiger partial charge in [-0.3, -0.25) is 4.98 Å². The molecule has 260 valence electrons. The fourth-order valence-corrected chi connectivity index (χ4v) is 8.04. The van der Waals surface area contributed by atoms with Gasteiger partial charge in [0.1, 0.15) is 0 Å². The first-order valence-corrected chi connectivity index (χ1v) is 18.7. The van der Waals surface area contributed by atoms with E-state index in [-0.39, 0.29) is 5.41 Å². The molecule has 0 radical (unpaired) electrons. The molecule has 0 atom stereocenters. The molecule has 4 nitrogen and oxygen atoms in total. The maximum absolute atomic E-state index is 4.98. The van der Waals surface area contributed by atoms with E-state index in [2.05, 4.69) is 146 Å². The number of rotatable bonds is 6. The van der Waals surface area contributed by atoms with Gasteiger partial charge < -0.3 is 0 Å². The smallest absolute Gasteiger partial charge is 0.164 e. The number of fused-ring (bicyclic) bond motifs is 5. The Morgan fingerprint density at radius 1 is 0.382 bits per heavy atom. The summed E-state index contributed by atoms with van der Waals surface area (Å²) in [7, 11) is 0. The van der Waals surface area contributed by atoms with Gasteiger partial charge in [-0.25, -0.2) is 15.0 Å². The number of benzene rings is 7. The molecule has 1 aliphatic carbocycles. The molecule has 0 spiro atoms. The Kier molecular flexibility index (Phi) is 7.77. The minimum atomic E-state index is -0.0404. The number of pyridine rings is 1. The highest BCUT2D eigenvalue weighted by molar-refractivity contribution is 6.03. The largest absolute Gasteiger partial charge is 0.256 e. The van der Waals surface area contributed by atoms with Gasteiger partial charge in [0.25, 0.3) is 0 Å². The standard InChI is InChI=1S/C51H36N4/c1-51(2)44-29-28-41(32-43(44)47-42-13-7-6-10-36(42)27-30-45(47)51)35-17-15-33(16-18-35)34-19-23-39(24-20-34)49-53-48(38-11-4-3-5-12-38)54-50(55-49)40-25-21-37(22-26-40)46-14-8-9-31-52-46/h3-32H,1-2H3. The third-order valence-corrected chi connectivity index (χ3v) is 11.0. The van der Waals surface area contributed by atoms with Crippen molar-refractivity contribution >= 4 is 10.8 Å². The van der Waals surface area contributed by atoms with Crippen LogP contribution in [0.3, 0.4) is 0 Å². The lowest BCUT2D eigenvalue weighted by atomic mass is 9.82. The molecule has 2 heterocycles. The fraction of sp³-hybridized carbons (Fsp3) is 0.0588. The molecule has 0 unspecified atom stereocenters. The summed E-state index contributed by atoms with van der Waals surface area (Å²) in [5.41, 5.74) is 14.9. The first kappa shape index (κ1) is 32.6. The Morgan fingerprint density at radius 2 is 0.873 bits per heavy atom. The van der Waals surface area contributed by atoms with E-state index in [1.807, 2.05) is 54.7 Å². The Morgan fingerprint density at radius 3 is 1.49 bits per heavy atom. The van der Waals surface area contributed by atoms with Gasteiger partial charge in [0.05, 0.1) is 5.69 Å². The van der Waals surface area contributed by atoms with Crippen molar-refractivity contribution in [2.45, 2.75) is 19.3 Å². The van der Waals surface area contributed by atoms with E-state index in [4.69, 9.17) is 15.0 Å². The van der Waals surface area contributed by atoms with Crippen LogP contribution in [0, 0.1) is 0 Å². The summed E-state index contributed by atoms with van der Waals surface area (Å²) < 4.78 is 0. The summed E-state index contributed by atoms with van der Waals surface area (Å²) in [6.07, 6.45) is 1.81. The predicted molar refractivity (Wildman–Crippen MR) is 225 cm³/mol. The zero-order valence-corrected chi connectivity index (χ0v) is 30.6. The Labute approximate surface area is 320 Å². The SMILES string of the molecule is CC1(C)c2ccc(-c3ccc(-c4ccc(-c5nc(-c6ccccc6)nc(-c6ccc(-c7ccccn7)cc6)n5)cc4)cc3)cc2-c2c1ccc1ccccc21. The normalized spacial score (nSPS) is 12.7. The van der Waals surface area contributed by atoms with Gasteiger partial charge in [-0.2, -0.15) is 0 Å². The second kappa shape index (κ2) is 13.1. The maximum Gasteiger partial charge on any atom is 0.164 e. The quantitative estimate of drug-likeness (QED) is 0.173. The van der Waals surface area contributed by atoms with Gasteiger partial charge in [0, 0.05) is 33.9 Å². The molecule has 0 fully saturated rings. The van der Waals surface area contributed by atoms with Gasteiger partial charge in [-0.1, -0.05) is 172 Å². The third kappa shape index (κ3) is 5.80. The van der Waals surface area contributed by atoms with Gasteiger partial charge in [0.15, 0.2) is 17.5 Å². The van der Waals surface area contributed by atoms with E-state index in [1.165, 1.54) is 44.2 Å². The highest BCUT2D eigenvalue weighted by Gasteiger charge is 2.36. The van der Waals surface area contributed by atoms with Crippen LogP contribution < -0.4 is 0 Å². The Balaban J connectivity index is 0.953. The van der Waals surface area contributed by atoms with E-state index >= 15 is 0 Å². The van der Waals surface area contributed by atoms with Crippen molar-refractivity contribution in [3.63, 3.8) is 0 Å². The summed E-state index contributed by atoms with van der Waals surface area (Å²) in [5.74, 6) is 1.90. The van der Waals surface area contributed by atoms with E-state index in [9.17, 15) is 0 Å². The average molecular weight is 705 g/mol. The highest BCUT2D eigenvalue weighted by Crippen LogP contribution is 2.52. The van der Waals surface area contributed by atoms with Crippen molar-refractivity contribution in [3.8, 4) is 78.8 Å². The van der Waals surface area contributed by atoms with Crippen molar-refractivity contribution in [3.05, 3.63) is 193 Å². The van der Waals surface area contributed by atoms with Crippen LogP contribution >= 0.6 is 0 Å². The molecule has 4 heteroatoms. The summed E-state index contributed by atoms with van der Waals surface area (Å²) in [5, 5.41) is 2.60. The van der Waals surface area contributed by atoms with E-state index in [1.54, 1.807) is 0 Å². The molecule has 0 N–H and O–H groups in total. The molecule has 7 aromatic carbocycles. The minimum Gasteiger partial charge on any atom is -0.256 e. The molecule has 0 saturated heterocycles. The molecule has 0 aliphatic heterocycles. The molecule has 2 aromatic heterocycles. The minimum absolute atomic E-state index is 0.0404. The molecule has 0 bridgehead atoms. The lowest BCUT2D eigenvalue weighted by molar-refractivity contribution is 0.661. The topological polar surface area (TPSA) is 51.6 Å². The number of aromatic nitrogens is 4. The van der Waals surface area contributed by atoms with Crippen molar-refractivity contribution in [1.82, 2.24) is 19.9 Å². The first-order valence-electron chi connectivity index (χ1n) is 18.7. The number of hydrogen-bond donors (Lipinski definition) is 0.